The van der Waals surface area contributed by atoms with Crippen LogP contribution in [0.5, 0.6) is 0 Å². The normalized spacial score (nSPS) is 11.5. The largest absolute Gasteiger partial charge is 0.361 e. The molecule has 1 N–H and O–H groups in total. The fourth-order valence-electron chi connectivity index (χ4n) is 1.46. The second-order valence-corrected chi connectivity index (χ2v) is 7.13. The summed E-state index contributed by atoms with van der Waals surface area (Å²) in [6.07, 6.45) is 1.85. The van der Waals surface area contributed by atoms with Crippen molar-refractivity contribution in [3.05, 3.63) is 10.0 Å². The van der Waals surface area contributed by atoms with E-state index in [1.165, 1.54) is 21.9 Å². The van der Waals surface area contributed by atoms with Gasteiger partial charge in [0.2, 0.25) is 10.0 Å². The summed E-state index contributed by atoms with van der Waals surface area (Å²) in [4.78, 5) is 4.36. The fraction of sp³-hybridized carbons (Fsp3) is 0.600. The molecular formula is C10H15ClN4O2S2. The zero-order valence-electron chi connectivity index (χ0n) is 10.7. The minimum atomic E-state index is -3.14. The molecule has 0 spiro atoms. The van der Waals surface area contributed by atoms with Crippen molar-refractivity contribution >= 4 is 38.1 Å². The Balaban J connectivity index is 2.41. The van der Waals surface area contributed by atoms with Gasteiger partial charge in [-0.15, -0.1) is 0 Å². The quantitative estimate of drug-likeness (QED) is 0.773. The van der Waals surface area contributed by atoms with Gasteiger partial charge in [0.1, 0.15) is 10.9 Å². The van der Waals surface area contributed by atoms with Crippen molar-refractivity contribution < 1.29 is 8.42 Å². The van der Waals surface area contributed by atoms with Crippen molar-refractivity contribution in [2.45, 2.75) is 13.3 Å². The summed E-state index contributed by atoms with van der Waals surface area (Å²) in [5.41, 5.74) is 0. The average Bonchev–Trinajstić information content (AvgIpc) is 2.68. The van der Waals surface area contributed by atoms with Crippen molar-refractivity contribution in [3.63, 3.8) is 0 Å². The molecule has 0 aliphatic rings. The van der Waals surface area contributed by atoms with Crippen molar-refractivity contribution in [1.29, 1.82) is 5.26 Å². The van der Waals surface area contributed by atoms with Gasteiger partial charge in [0.05, 0.1) is 6.26 Å². The van der Waals surface area contributed by atoms with E-state index in [0.717, 1.165) is 0 Å². The van der Waals surface area contributed by atoms with Crippen LogP contribution in [0.3, 0.4) is 0 Å². The van der Waals surface area contributed by atoms with Gasteiger partial charge in [-0.1, -0.05) is 29.9 Å². The molecule has 0 aliphatic carbocycles. The monoisotopic (exact) mass is 322 g/mol. The molecule has 0 aliphatic heterocycles. The lowest BCUT2D eigenvalue weighted by atomic mass is 10.4. The number of nitrogens with one attached hydrogen (secondary N) is 1. The molecular weight excluding hydrogens is 308 g/mol. The minimum Gasteiger partial charge on any atom is -0.361 e. The second kappa shape index (κ2) is 7.05. The number of hydrogen-bond donors (Lipinski definition) is 1. The summed E-state index contributed by atoms with van der Waals surface area (Å²) in [6.45, 7) is 3.28. The Labute approximate surface area is 122 Å². The van der Waals surface area contributed by atoms with Crippen LogP contribution in [-0.4, -0.2) is 43.6 Å². The summed E-state index contributed by atoms with van der Waals surface area (Å²) in [7, 11) is -3.14. The highest BCUT2D eigenvalue weighted by Gasteiger charge is 2.13. The van der Waals surface area contributed by atoms with E-state index >= 15 is 0 Å². The number of halogens is 1. The van der Waals surface area contributed by atoms with Gasteiger partial charge in [0.25, 0.3) is 0 Å². The standard InChI is InChI=1S/C10H15ClN4O2S2/c1-3-15(19(2,16)17)6-4-5-13-10-14-9(11)8(7-12)18-10/h3-6H2,1-2H3,(H,13,14). The molecule has 0 fully saturated rings. The van der Waals surface area contributed by atoms with Crippen LogP contribution in [0.1, 0.15) is 18.2 Å². The zero-order valence-corrected chi connectivity index (χ0v) is 13.1. The number of rotatable bonds is 7. The maximum atomic E-state index is 11.4. The smallest absolute Gasteiger partial charge is 0.211 e. The molecule has 9 heteroatoms. The van der Waals surface area contributed by atoms with E-state index in [-0.39, 0.29) is 5.15 Å². The maximum Gasteiger partial charge on any atom is 0.211 e. The molecule has 0 saturated heterocycles. The van der Waals surface area contributed by atoms with Crippen LogP contribution in [0.2, 0.25) is 5.15 Å². The van der Waals surface area contributed by atoms with E-state index in [1.54, 1.807) is 6.92 Å². The summed E-state index contributed by atoms with van der Waals surface area (Å²) in [5.74, 6) is 0. The molecule has 0 saturated carbocycles. The molecule has 0 amide bonds. The molecule has 1 aromatic rings. The van der Waals surface area contributed by atoms with Crippen LogP contribution in [-0.2, 0) is 10.0 Å². The average molecular weight is 323 g/mol. The summed E-state index contributed by atoms with van der Waals surface area (Å²) in [5, 5.41) is 12.5. The molecule has 0 unspecified atom stereocenters. The van der Waals surface area contributed by atoms with Crippen LogP contribution >= 0.6 is 22.9 Å². The van der Waals surface area contributed by atoms with E-state index in [4.69, 9.17) is 16.9 Å². The van der Waals surface area contributed by atoms with Crippen molar-refractivity contribution in [2.75, 3.05) is 31.2 Å². The van der Waals surface area contributed by atoms with Crippen LogP contribution in [0.15, 0.2) is 0 Å². The number of thiazole rings is 1. The lowest BCUT2D eigenvalue weighted by molar-refractivity contribution is 0.429. The second-order valence-electron chi connectivity index (χ2n) is 3.79. The van der Waals surface area contributed by atoms with Crippen LogP contribution < -0.4 is 5.32 Å². The van der Waals surface area contributed by atoms with Gasteiger partial charge in [-0.3, -0.25) is 0 Å². The Morgan fingerprint density at radius 2 is 2.26 bits per heavy atom. The number of aromatic nitrogens is 1. The molecule has 1 rings (SSSR count). The lowest BCUT2D eigenvalue weighted by Crippen LogP contribution is -2.31. The van der Waals surface area contributed by atoms with Gasteiger partial charge in [-0.25, -0.2) is 17.7 Å². The highest BCUT2D eigenvalue weighted by Crippen LogP contribution is 2.25. The summed E-state index contributed by atoms with van der Waals surface area (Å²) >= 11 is 6.92. The predicted molar refractivity (Wildman–Crippen MR) is 77.0 cm³/mol. The Kier molecular flexibility index (Phi) is 6.00. The number of nitriles is 1. The van der Waals surface area contributed by atoms with Crippen molar-refractivity contribution in [3.8, 4) is 6.07 Å². The van der Waals surface area contributed by atoms with Gasteiger partial charge in [-0.05, 0) is 6.42 Å². The third-order valence-corrected chi connectivity index (χ3v) is 5.05. The maximum absolute atomic E-state index is 11.4. The molecule has 106 valence electrons. The molecule has 1 aromatic heterocycles. The lowest BCUT2D eigenvalue weighted by Gasteiger charge is -2.17. The zero-order chi connectivity index (χ0) is 14.5. The summed E-state index contributed by atoms with van der Waals surface area (Å²) < 4.78 is 24.1. The van der Waals surface area contributed by atoms with E-state index in [0.29, 0.717) is 36.1 Å². The highest BCUT2D eigenvalue weighted by molar-refractivity contribution is 7.88. The molecule has 19 heavy (non-hydrogen) atoms. The van der Waals surface area contributed by atoms with Crippen LogP contribution in [0.25, 0.3) is 0 Å². The molecule has 0 bridgehead atoms. The minimum absolute atomic E-state index is 0.196. The molecule has 0 aromatic carbocycles. The third kappa shape index (κ3) is 4.95. The Morgan fingerprint density at radius 1 is 1.58 bits per heavy atom. The SMILES string of the molecule is CCN(CCCNc1nc(Cl)c(C#N)s1)S(C)(=O)=O. The highest BCUT2D eigenvalue weighted by atomic mass is 35.5. The van der Waals surface area contributed by atoms with E-state index in [2.05, 4.69) is 10.3 Å². The third-order valence-electron chi connectivity index (χ3n) is 2.37. The number of sulfonamides is 1. The van der Waals surface area contributed by atoms with Gasteiger partial charge < -0.3 is 5.32 Å². The first-order valence-corrected chi connectivity index (χ1v) is 8.68. The number of nitrogens with zero attached hydrogens (tertiary/aromatic N) is 3. The van der Waals surface area contributed by atoms with Crippen LogP contribution in [0, 0.1) is 11.3 Å². The van der Waals surface area contributed by atoms with E-state index in [1.807, 2.05) is 6.07 Å². The molecule has 1 heterocycles. The van der Waals surface area contributed by atoms with Crippen LogP contribution in [0.4, 0.5) is 5.13 Å². The van der Waals surface area contributed by atoms with Crippen molar-refractivity contribution in [2.24, 2.45) is 0 Å². The predicted octanol–water partition coefficient (Wildman–Crippen LogP) is 1.75. The Bertz CT molecular complexity index is 565. The Hall–Kier alpha value is -0.880. The Morgan fingerprint density at radius 3 is 2.74 bits per heavy atom. The molecule has 6 nitrogen and oxygen atoms in total. The first kappa shape index (κ1) is 16.2. The number of anilines is 1. The first-order valence-electron chi connectivity index (χ1n) is 5.64. The van der Waals surface area contributed by atoms with Gasteiger partial charge in [0, 0.05) is 19.6 Å². The molecule has 0 radical (unpaired) electrons. The topological polar surface area (TPSA) is 86.1 Å². The van der Waals surface area contributed by atoms with Gasteiger partial charge in [-0.2, -0.15) is 5.26 Å². The summed E-state index contributed by atoms with van der Waals surface area (Å²) in [6, 6.07) is 1.95. The van der Waals surface area contributed by atoms with E-state index in [9.17, 15) is 8.42 Å². The fourth-order valence-corrected chi connectivity index (χ4v) is 3.36. The van der Waals surface area contributed by atoms with Crippen molar-refractivity contribution in [1.82, 2.24) is 9.29 Å². The number of hydrogen-bond acceptors (Lipinski definition) is 6. The first-order chi connectivity index (χ1) is 8.88. The van der Waals surface area contributed by atoms with Gasteiger partial charge in [0.15, 0.2) is 10.3 Å². The van der Waals surface area contributed by atoms with E-state index < -0.39 is 10.0 Å². The molecule has 0 atom stereocenters. The van der Waals surface area contributed by atoms with Gasteiger partial charge >= 0.3 is 0 Å².